The standard InChI is InChI=1S/C23H28N4O2/c1-17-7-3-4-8-19(17)15-25-11-13-26(14-12-25)22(28)16-27-18(2)23(29)24-20-9-5-6-10-21(20)27/h3-10,18H,11-16H2,1-2H3,(H,24,29)/t18-/m1/s1. The van der Waals surface area contributed by atoms with Gasteiger partial charge in [0.25, 0.3) is 0 Å². The summed E-state index contributed by atoms with van der Waals surface area (Å²) in [4.78, 5) is 31.5. The largest absolute Gasteiger partial charge is 0.349 e. The summed E-state index contributed by atoms with van der Waals surface area (Å²) in [7, 11) is 0. The van der Waals surface area contributed by atoms with Crippen LogP contribution in [0.1, 0.15) is 18.1 Å². The normalized spacial score (nSPS) is 19.7. The zero-order valence-electron chi connectivity index (χ0n) is 17.1. The summed E-state index contributed by atoms with van der Waals surface area (Å²) in [5, 5.41) is 2.91. The third kappa shape index (κ3) is 4.12. The van der Waals surface area contributed by atoms with Crippen LogP contribution in [-0.4, -0.2) is 60.4 Å². The first kappa shape index (κ1) is 19.5. The van der Waals surface area contributed by atoms with Gasteiger partial charge in [-0.25, -0.2) is 0 Å². The van der Waals surface area contributed by atoms with Crippen LogP contribution >= 0.6 is 0 Å². The minimum absolute atomic E-state index is 0.0699. The van der Waals surface area contributed by atoms with Crippen LogP contribution in [0.5, 0.6) is 0 Å². The molecule has 1 N–H and O–H groups in total. The van der Waals surface area contributed by atoms with E-state index in [2.05, 4.69) is 41.4 Å². The second-order valence-electron chi connectivity index (χ2n) is 7.89. The average molecular weight is 393 g/mol. The number of fused-ring (bicyclic) bond motifs is 1. The number of para-hydroxylation sites is 2. The maximum Gasteiger partial charge on any atom is 0.246 e. The van der Waals surface area contributed by atoms with Gasteiger partial charge in [0.2, 0.25) is 11.8 Å². The molecule has 1 fully saturated rings. The highest BCUT2D eigenvalue weighted by molar-refractivity contribution is 6.04. The van der Waals surface area contributed by atoms with Crippen LogP contribution < -0.4 is 10.2 Å². The second-order valence-corrected chi connectivity index (χ2v) is 7.89. The minimum atomic E-state index is -0.365. The Bertz CT molecular complexity index is 905. The highest BCUT2D eigenvalue weighted by atomic mass is 16.2. The van der Waals surface area contributed by atoms with Crippen LogP contribution in [0.2, 0.25) is 0 Å². The van der Waals surface area contributed by atoms with E-state index in [1.54, 1.807) is 0 Å². The van der Waals surface area contributed by atoms with E-state index in [-0.39, 0.29) is 24.4 Å². The SMILES string of the molecule is Cc1ccccc1CN1CCN(C(=O)CN2c3ccccc3NC(=O)[C@H]2C)CC1. The van der Waals surface area contributed by atoms with Gasteiger partial charge in [-0.3, -0.25) is 14.5 Å². The van der Waals surface area contributed by atoms with Crippen molar-refractivity contribution in [1.82, 2.24) is 9.80 Å². The fraction of sp³-hybridized carbons (Fsp3) is 0.391. The summed E-state index contributed by atoms with van der Waals surface area (Å²) in [5.74, 6) is 0.0106. The predicted molar refractivity (Wildman–Crippen MR) is 115 cm³/mol. The van der Waals surface area contributed by atoms with Crippen molar-refractivity contribution < 1.29 is 9.59 Å². The molecule has 0 unspecified atom stereocenters. The number of anilines is 2. The van der Waals surface area contributed by atoms with Crippen molar-refractivity contribution in [2.45, 2.75) is 26.4 Å². The zero-order chi connectivity index (χ0) is 20.4. The van der Waals surface area contributed by atoms with Gasteiger partial charge < -0.3 is 15.1 Å². The number of nitrogens with one attached hydrogen (secondary N) is 1. The molecule has 0 aromatic heterocycles. The molecule has 6 nitrogen and oxygen atoms in total. The smallest absolute Gasteiger partial charge is 0.246 e. The molecule has 4 rings (SSSR count). The Hall–Kier alpha value is -2.86. The Morgan fingerprint density at radius 3 is 2.48 bits per heavy atom. The Morgan fingerprint density at radius 2 is 1.72 bits per heavy atom. The Morgan fingerprint density at radius 1 is 1.03 bits per heavy atom. The van der Waals surface area contributed by atoms with E-state index in [0.29, 0.717) is 0 Å². The van der Waals surface area contributed by atoms with Crippen molar-refractivity contribution in [2.24, 2.45) is 0 Å². The maximum absolute atomic E-state index is 13.0. The topological polar surface area (TPSA) is 55.9 Å². The summed E-state index contributed by atoms with van der Waals surface area (Å²) in [6.45, 7) is 8.32. The van der Waals surface area contributed by atoms with Crippen LogP contribution in [-0.2, 0) is 16.1 Å². The molecule has 0 bridgehead atoms. The molecule has 0 radical (unpaired) electrons. The molecule has 2 amide bonds. The quantitative estimate of drug-likeness (QED) is 0.869. The van der Waals surface area contributed by atoms with Crippen molar-refractivity contribution in [3.8, 4) is 0 Å². The van der Waals surface area contributed by atoms with Crippen LogP contribution in [0.4, 0.5) is 11.4 Å². The van der Waals surface area contributed by atoms with Gasteiger partial charge in [0.1, 0.15) is 6.04 Å². The Kier molecular flexibility index (Phi) is 5.53. The lowest BCUT2D eigenvalue weighted by molar-refractivity contribution is -0.131. The first-order valence-electron chi connectivity index (χ1n) is 10.2. The third-order valence-electron chi connectivity index (χ3n) is 6.00. The van der Waals surface area contributed by atoms with Crippen molar-refractivity contribution >= 4 is 23.2 Å². The van der Waals surface area contributed by atoms with Gasteiger partial charge in [0, 0.05) is 32.7 Å². The number of hydrogen-bond acceptors (Lipinski definition) is 4. The van der Waals surface area contributed by atoms with Gasteiger partial charge in [0.15, 0.2) is 0 Å². The van der Waals surface area contributed by atoms with Crippen LogP contribution in [0, 0.1) is 6.92 Å². The molecule has 6 heteroatoms. The van der Waals surface area contributed by atoms with E-state index in [1.165, 1.54) is 11.1 Å². The Labute approximate surface area is 172 Å². The van der Waals surface area contributed by atoms with Gasteiger partial charge in [0.05, 0.1) is 17.9 Å². The van der Waals surface area contributed by atoms with Crippen molar-refractivity contribution in [3.05, 3.63) is 59.7 Å². The number of piperazine rings is 1. The van der Waals surface area contributed by atoms with Gasteiger partial charge in [-0.2, -0.15) is 0 Å². The first-order chi connectivity index (χ1) is 14.0. The van der Waals surface area contributed by atoms with E-state index in [0.717, 1.165) is 44.1 Å². The number of hydrogen-bond donors (Lipinski definition) is 1. The molecule has 1 saturated heterocycles. The second kappa shape index (κ2) is 8.25. The molecule has 152 valence electrons. The number of nitrogens with zero attached hydrogens (tertiary/aromatic N) is 3. The first-order valence-corrected chi connectivity index (χ1v) is 10.2. The van der Waals surface area contributed by atoms with E-state index in [1.807, 2.05) is 41.0 Å². The predicted octanol–water partition coefficient (Wildman–Crippen LogP) is 2.49. The number of rotatable bonds is 4. The fourth-order valence-electron chi connectivity index (χ4n) is 4.07. The van der Waals surface area contributed by atoms with Crippen molar-refractivity contribution in [3.63, 3.8) is 0 Å². The minimum Gasteiger partial charge on any atom is -0.349 e. The van der Waals surface area contributed by atoms with Crippen LogP contribution in [0.3, 0.4) is 0 Å². The number of aryl methyl sites for hydroxylation is 1. The summed E-state index contributed by atoms with van der Waals surface area (Å²) >= 11 is 0. The molecular formula is C23H28N4O2. The van der Waals surface area contributed by atoms with Crippen LogP contribution in [0.25, 0.3) is 0 Å². The van der Waals surface area contributed by atoms with E-state index in [9.17, 15) is 9.59 Å². The monoisotopic (exact) mass is 392 g/mol. The molecular weight excluding hydrogens is 364 g/mol. The lowest BCUT2D eigenvalue weighted by Gasteiger charge is -2.39. The summed E-state index contributed by atoms with van der Waals surface area (Å²) in [6, 6.07) is 15.8. The molecule has 0 spiro atoms. The van der Waals surface area contributed by atoms with Crippen LogP contribution in [0.15, 0.2) is 48.5 Å². The lowest BCUT2D eigenvalue weighted by atomic mass is 10.1. The number of carbonyl (C=O) groups excluding carboxylic acids is 2. The summed E-state index contributed by atoms with van der Waals surface area (Å²) in [6.07, 6.45) is 0. The highest BCUT2D eigenvalue weighted by Gasteiger charge is 2.32. The van der Waals surface area contributed by atoms with E-state index >= 15 is 0 Å². The Balaban J connectivity index is 1.37. The highest BCUT2D eigenvalue weighted by Crippen LogP contribution is 2.31. The molecule has 2 aromatic rings. The molecule has 0 aliphatic carbocycles. The van der Waals surface area contributed by atoms with Gasteiger partial charge >= 0.3 is 0 Å². The molecule has 2 aromatic carbocycles. The maximum atomic E-state index is 13.0. The molecule has 2 aliphatic rings. The average Bonchev–Trinajstić information content (AvgIpc) is 2.73. The van der Waals surface area contributed by atoms with E-state index in [4.69, 9.17) is 0 Å². The third-order valence-corrected chi connectivity index (χ3v) is 6.00. The number of carbonyl (C=O) groups is 2. The van der Waals surface area contributed by atoms with Gasteiger partial charge in [-0.1, -0.05) is 36.4 Å². The number of benzene rings is 2. The molecule has 0 saturated carbocycles. The molecule has 1 atom stereocenters. The fourth-order valence-corrected chi connectivity index (χ4v) is 4.07. The van der Waals surface area contributed by atoms with Gasteiger partial charge in [-0.05, 0) is 37.1 Å². The van der Waals surface area contributed by atoms with Crippen molar-refractivity contribution in [1.29, 1.82) is 0 Å². The molecule has 2 aliphatic heterocycles. The number of amides is 2. The lowest BCUT2D eigenvalue weighted by Crippen LogP contribution is -2.54. The summed E-state index contributed by atoms with van der Waals surface area (Å²) < 4.78 is 0. The molecule has 29 heavy (non-hydrogen) atoms. The van der Waals surface area contributed by atoms with Gasteiger partial charge in [-0.15, -0.1) is 0 Å². The molecule has 2 heterocycles. The van der Waals surface area contributed by atoms with E-state index < -0.39 is 0 Å². The zero-order valence-corrected chi connectivity index (χ0v) is 17.1. The summed E-state index contributed by atoms with van der Waals surface area (Å²) in [5.41, 5.74) is 4.33. The van der Waals surface area contributed by atoms with Crippen molar-refractivity contribution in [2.75, 3.05) is 42.9 Å².